The summed E-state index contributed by atoms with van der Waals surface area (Å²) in [5.74, 6) is -3.29. The van der Waals surface area contributed by atoms with E-state index in [2.05, 4.69) is 5.32 Å². The van der Waals surface area contributed by atoms with E-state index >= 15 is 4.39 Å². The van der Waals surface area contributed by atoms with E-state index in [0.29, 0.717) is 0 Å². The van der Waals surface area contributed by atoms with Gasteiger partial charge in [0.2, 0.25) is 5.78 Å². The molecular formula is C17H8ClF2NO3S2. The molecule has 0 saturated carbocycles. The number of carbonyl (C=O) groups is 2. The van der Waals surface area contributed by atoms with Crippen LogP contribution in [0.15, 0.2) is 35.0 Å². The zero-order valence-corrected chi connectivity index (χ0v) is 15.1. The molecule has 3 aromatic rings. The van der Waals surface area contributed by atoms with Crippen molar-refractivity contribution in [3.05, 3.63) is 56.3 Å². The third-order valence-electron chi connectivity index (χ3n) is 4.09. The lowest BCUT2D eigenvalue weighted by Gasteiger charge is -2.27. The number of fused-ring (bicyclic) bond motifs is 1. The number of ketones is 1. The molecular weight excluding hydrogens is 404 g/mol. The second kappa shape index (κ2) is 5.87. The summed E-state index contributed by atoms with van der Waals surface area (Å²) in [6.07, 6.45) is 0. The third-order valence-corrected chi connectivity index (χ3v) is 6.09. The maximum absolute atomic E-state index is 15.6. The molecule has 1 unspecified atom stereocenters. The van der Waals surface area contributed by atoms with Crippen LogP contribution in [0.3, 0.4) is 0 Å². The Morgan fingerprint density at radius 1 is 1.19 bits per heavy atom. The number of thiophene rings is 2. The number of aromatic hydroxyl groups is 1. The smallest absolute Gasteiger partial charge is 0.276 e. The van der Waals surface area contributed by atoms with Crippen molar-refractivity contribution in [1.29, 1.82) is 0 Å². The highest BCUT2D eigenvalue weighted by atomic mass is 35.5. The van der Waals surface area contributed by atoms with Gasteiger partial charge in [-0.15, -0.1) is 11.3 Å². The summed E-state index contributed by atoms with van der Waals surface area (Å²) in [4.78, 5) is 25.3. The molecule has 0 spiro atoms. The topological polar surface area (TPSA) is 66.4 Å². The molecule has 3 heterocycles. The van der Waals surface area contributed by atoms with Crippen molar-refractivity contribution in [2.45, 2.75) is 5.67 Å². The van der Waals surface area contributed by atoms with Crippen molar-refractivity contribution in [3.8, 4) is 16.9 Å². The van der Waals surface area contributed by atoms with E-state index in [4.69, 9.17) is 11.6 Å². The summed E-state index contributed by atoms with van der Waals surface area (Å²) in [7, 11) is 0. The summed E-state index contributed by atoms with van der Waals surface area (Å²) in [5.41, 5.74) is -2.98. The van der Waals surface area contributed by atoms with Gasteiger partial charge in [-0.3, -0.25) is 9.59 Å². The molecule has 4 nitrogen and oxygen atoms in total. The average molecular weight is 412 g/mol. The number of phenolic OH excluding ortho intramolecular Hbond substituents is 1. The molecule has 0 aliphatic carbocycles. The van der Waals surface area contributed by atoms with Gasteiger partial charge in [-0.25, -0.2) is 8.78 Å². The molecule has 1 aromatic carbocycles. The number of phenols is 1. The number of amides is 1. The highest BCUT2D eigenvalue weighted by Gasteiger charge is 2.54. The molecule has 0 bridgehead atoms. The number of hydrogen-bond acceptors (Lipinski definition) is 5. The van der Waals surface area contributed by atoms with Gasteiger partial charge in [-0.05, 0) is 29.0 Å². The minimum absolute atomic E-state index is 0.0615. The quantitative estimate of drug-likeness (QED) is 0.585. The van der Waals surface area contributed by atoms with E-state index in [1.807, 2.05) is 0 Å². The fourth-order valence-electron chi connectivity index (χ4n) is 2.85. The first-order chi connectivity index (χ1) is 12.3. The molecule has 0 radical (unpaired) electrons. The zero-order chi connectivity index (χ0) is 18.6. The number of Topliss-reactive ketones (excluding diaryl/α,β-unsaturated/α-hetero) is 1. The van der Waals surface area contributed by atoms with Crippen molar-refractivity contribution in [3.63, 3.8) is 0 Å². The van der Waals surface area contributed by atoms with Gasteiger partial charge in [0.25, 0.3) is 11.6 Å². The van der Waals surface area contributed by atoms with Gasteiger partial charge in [0.15, 0.2) is 0 Å². The van der Waals surface area contributed by atoms with Crippen LogP contribution in [0.4, 0.5) is 13.8 Å². The molecule has 0 saturated heterocycles. The van der Waals surface area contributed by atoms with Crippen LogP contribution in [-0.4, -0.2) is 16.8 Å². The summed E-state index contributed by atoms with van der Waals surface area (Å²) >= 11 is 8.23. The standard InChI is InChI=1S/C17H8ClF2NO3S2/c18-14-11(9-2-1-8(19)5-10(9)22)12-13(23)17(20,7-3-4-25-6-7)16(24)21-15(12)26-14/h1-6,22H,(H,21,24). The Bertz CT molecular complexity index is 1060. The minimum atomic E-state index is -2.90. The fraction of sp³-hybridized carbons (Fsp3) is 0.0588. The van der Waals surface area contributed by atoms with Gasteiger partial charge in [0, 0.05) is 22.8 Å². The van der Waals surface area contributed by atoms with Crippen LogP contribution in [0.2, 0.25) is 4.34 Å². The van der Waals surface area contributed by atoms with Crippen LogP contribution in [-0.2, 0) is 10.5 Å². The van der Waals surface area contributed by atoms with Crippen LogP contribution < -0.4 is 5.32 Å². The molecule has 9 heteroatoms. The van der Waals surface area contributed by atoms with Crippen molar-refractivity contribution in [1.82, 2.24) is 0 Å². The molecule has 4 rings (SSSR count). The molecule has 2 aromatic heterocycles. The Balaban J connectivity index is 1.96. The Hall–Kier alpha value is -2.29. The summed E-state index contributed by atoms with van der Waals surface area (Å²) in [5, 5.41) is 15.5. The molecule has 1 atom stereocenters. The van der Waals surface area contributed by atoms with E-state index in [1.165, 1.54) is 17.5 Å². The Kier molecular flexibility index (Phi) is 3.87. The van der Waals surface area contributed by atoms with Crippen LogP contribution in [0.25, 0.3) is 11.1 Å². The second-order valence-corrected chi connectivity index (χ2v) is 7.97. The van der Waals surface area contributed by atoms with E-state index in [9.17, 15) is 19.1 Å². The van der Waals surface area contributed by atoms with E-state index < -0.39 is 28.9 Å². The largest absolute Gasteiger partial charge is 0.507 e. The Labute approximate surface area is 158 Å². The second-order valence-electron chi connectivity index (χ2n) is 5.57. The molecule has 0 fully saturated rings. The Morgan fingerprint density at radius 3 is 2.62 bits per heavy atom. The highest BCUT2D eigenvalue weighted by molar-refractivity contribution is 7.21. The van der Waals surface area contributed by atoms with E-state index in [0.717, 1.165) is 34.8 Å². The van der Waals surface area contributed by atoms with Crippen molar-refractivity contribution < 1.29 is 23.5 Å². The van der Waals surface area contributed by atoms with Crippen molar-refractivity contribution in [2.24, 2.45) is 0 Å². The monoisotopic (exact) mass is 411 g/mol. The van der Waals surface area contributed by atoms with Crippen molar-refractivity contribution in [2.75, 3.05) is 5.32 Å². The number of halogens is 3. The van der Waals surface area contributed by atoms with Gasteiger partial charge < -0.3 is 10.4 Å². The lowest BCUT2D eigenvalue weighted by atomic mass is 9.84. The van der Waals surface area contributed by atoms with Gasteiger partial charge in [0.1, 0.15) is 20.9 Å². The molecule has 1 aliphatic heterocycles. The van der Waals surface area contributed by atoms with Crippen LogP contribution in [0, 0.1) is 5.82 Å². The third kappa shape index (κ3) is 2.29. The predicted molar refractivity (Wildman–Crippen MR) is 96.5 cm³/mol. The number of carbonyl (C=O) groups excluding carboxylic acids is 2. The van der Waals surface area contributed by atoms with Crippen LogP contribution >= 0.6 is 34.3 Å². The molecule has 2 N–H and O–H groups in total. The maximum Gasteiger partial charge on any atom is 0.276 e. The first-order valence-electron chi connectivity index (χ1n) is 7.23. The zero-order valence-electron chi connectivity index (χ0n) is 12.7. The summed E-state index contributed by atoms with van der Waals surface area (Å²) in [6, 6.07) is 4.55. The molecule has 1 aliphatic rings. The number of alkyl halides is 1. The Morgan fingerprint density at radius 2 is 1.96 bits per heavy atom. The van der Waals surface area contributed by atoms with Crippen LogP contribution in [0.5, 0.6) is 5.75 Å². The highest BCUT2D eigenvalue weighted by Crippen LogP contribution is 2.51. The molecule has 1 amide bonds. The molecule has 26 heavy (non-hydrogen) atoms. The van der Waals surface area contributed by atoms with Gasteiger partial charge in [-0.2, -0.15) is 11.3 Å². The number of rotatable bonds is 2. The minimum Gasteiger partial charge on any atom is -0.507 e. The van der Waals surface area contributed by atoms with Gasteiger partial charge in [-0.1, -0.05) is 11.6 Å². The first-order valence-corrected chi connectivity index (χ1v) is 9.36. The predicted octanol–water partition coefficient (Wildman–Crippen LogP) is 4.97. The SMILES string of the molecule is O=C1Nc2sc(Cl)c(-c3ccc(F)cc3O)c2C(=O)C1(F)c1ccsc1. The van der Waals surface area contributed by atoms with E-state index in [-0.39, 0.29) is 31.6 Å². The lowest BCUT2D eigenvalue weighted by Crippen LogP contribution is -2.46. The number of anilines is 1. The van der Waals surface area contributed by atoms with Gasteiger partial charge >= 0.3 is 0 Å². The number of hydrogen-bond donors (Lipinski definition) is 2. The number of benzene rings is 1. The fourth-order valence-corrected chi connectivity index (χ4v) is 4.91. The van der Waals surface area contributed by atoms with Crippen LogP contribution in [0.1, 0.15) is 15.9 Å². The lowest BCUT2D eigenvalue weighted by molar-refractivity contribution is -0.125. The normalized spacial score (nSPS) is 19.3. The maximum atomic E-state index is 15.6. The van der Waals surface area contributed by atoms with Crippen molar-refractivity contribution >= 4 is 51.0 Å². The summed E-state index contributed by atoms with van der Waals surface area (Å²) < 4.78 is 28.9. The molecule has 132 valence electrons. The average Bonchev–Trinajstić information content (AvgIpc) is 3.21. The van der Waals surface area contributed by atoms with Gasteiger partial charge in [0.05, 0.1) is 5.56 Å². The number of nitrogens with one attached hydrogen (secondary N) is 1. The van der Waals surface area contributed by atoms with E-state index in [1.54, 1.807) is 5.38 Å². The summed E-state index contributed by atoms with van der Waals surface area (Å²) in [6.45, 7) is 0. The first kappa shape index (κ1) is 17.1.